The lowest BCUT2D eigenvalue weighted by atomic mass is 9.84. The van der Waals surface area contributed by atoms with E-state index in [1.807, 2.05) is 38.1 Å². The minimum absolute atomic E-state index is 0.170. The Kier molecular flexibility index (Phi) is 9.40. The van der Waals surface area contributed by atoms with Gasteiger partial charge >= 0.3 is 0 Å². The first-order valence-electron chi connectivity index (χ1n) is 11.1. The van der Waals surface area contributed by atoms with Gasteiger partial charge in [0.05, 0.1) is 0 Å². The highest BCUT2D eigenvalue weighted by atomic mass is 16.3. The van der Waals surface area contributed by atoms with Crippen molar-refractivity contribution < 1.29 is 10.2 Å². The molecular formula is C26H38O2. The molecule has 0 spiro atoms. The van der Waals surface area contributed by atoms with Crippen LogP contribution in [-0.2, 0) is 0 Å². The molecule has 0 aliphatic rings. The Bertz CT molecular complexity index is 720. The zero-order valence-corrected chi connectivity index (χ0v) is 18.0. The third kappa shape index (κ3) is 6.58. The topological polar surface area (TPSA) is 40.5 Å². The van der Waals surface area contributed by atoms with Crippen molar-refractivity contribution in [3.8, 4) is 11.5 Å². The first kappa shape index (κ1) is 22.3. The van der Waals surface area contributed by atoms with Gasteiger partial charge in [-0.15, -0.1) is 0 Å². The van der Waals surface area contributed by atoms with Gasteiger partial charge in [0.1, 0.15) is 11.5 Å². The summed E-state index contributed by atoms with van der Waals surface area (Å²) in [4.78, 5) is 0. The smallest absolute Gasteiger partial charge is 0.122 e. The highest BCUT2D eigenvalue weighted by Gasteiger charge is 2.19. The monoisotopic (exact) mass is 382 g/mol. The maximum atomic E-state index is 10.6. The highest BCUT2D eigenvalue weighted by molar-refractivity contribution is 5.47. The third-order valence-corrected chi connectivity index (χ3v) is 5.86. The summed E-state index contributed by atoms with van der Waals surface area (Å²) in [5.74, 6) is 0.914. The summed E-state index contributed by atoms with van der Waals surface area (Å²) in [5.41, 5.74) is 3.99. The fourth-order valence-electron chi connectivity index (χ4n) is 4.02. The lowest BCUT2D eigenvalue weighted by Crippen LogP contribution is -2.03. The molecule has 2 nitrogen and oxygen atoms in total. The number of phenols is 2. The van der Waals surface area contributed by atoms with E-state index < -0.39 is 0 Å². The van der Waals surface area contributed by atoms with Crippen molar-refractivity contribution in [1.29, 1.82) is 0 Å². The van der Waals surface area contributed by atoms with E-state index in [2.05, 4.69) is 13.0 Å². The predicted octanol–water partition coefficient (Wildman–Crippen LogP) is 7.77. The first-order valence-corrected chi connectivity index (χ1v) is 11.1. The molecule has 0 aromatic heterocycles. The highest BCUT2D eigenvalue weighted by Crippen LogP contribution is 2.38. The summed E-state index contributed by atoms with van der Waals surface area (Å²) >= 11 is 0. The van der Waals surface area contributed by atoms with Crippen molar-refractivity contribution in [2.24, 2.45) is 0 Å². The second-order valence-corrected chi connectivity index (χ2v) is 8.23. The lowest BCUT2D eigenvalue weighted by Gasteiger charge is -2.21. The number of aromatic hydroxyl groups is 2. The minimum Gasteiger partial charge on any atom is -0.508 e. The Labute approximate surface area is 171 Å². The summed E-state index contributed by atoms with van der Waals surface area (Å²) in [7, 11) is 0. The number of benzene rings is 2. The van der Waals surface area contributed by atoms with Crippen molar-refractivity contribution in [3.05, 3.63) is 58.7 Å². The quantitative estimate of drug-likeness (QED) is 0.368. The van der Waals surface area contributed by atoms with Crippen LogP contribution in [0, 0.1) is 13.8 Å². The summed E-state index contributed by atoms with van der Waals surface area (Å²) in [6.07, 6.45) is 12.9. The Morgan fingerprint density at radius 2 is 1.39 bits per heavy atom. The molecule has 1 unspecified atom stereocenters. The number of hydrogen-bond acceptors (Lipinski definition) is 2. The number of phenolic OH excluding ortho intramolecular Hbond substituents is 2. The van der Waals surface area contributed by atoms with Crippen LogP contribution in [0.25, 0.3) is 0 Å². The van der Waals surface area contributed by atoms with Crippen LogP contribution in [0.15, 0.2) is 36.4 Å². The van der Waals surface area contributed by atoms with Crippen molar-refractivity contribution >= 4 is 0 Å². The molecule has 0 radical (unpaired) electrons. The number of rotatable bonds is 12. The van der Waals surface area contributed by atoms with Crippen molar-refractivity contribution in [2.75, 3.05) is 0 Å². The van der Waals surface area contributed by atoms with Crippen molar-refractivity contribution in [2.45, 2.75) is 90.9 Å². The second kappa shape index (κ2) is 11.8. The molecule has 2 aromatic rings. The van der Waals surface area contributed by atoms with E-state index >= 15 is 0 Å². The zero-order chi connectivity index (χ0) is 20.4. The van der Waals surface area contributed by atoms with Gasteiger partial charge in [0.2, 0.25) is 0 Å². The summed E-state index contributed by atoms with van der Waals surface area (Å²) in [5, 5.41) is 20.5. The molecule has 28 heavy (non-hydrogen) atoms. The van der Waals surface area contributed by atoms with E-state index in [-0.39, 0.29) is 5.92 Å². The molecule has 0 saturated heterocycles. The second-order valence-electron chi connectivity index (χ2n) is 8.23. The molecule has 0 aliphatic heterocycles. The largest absolute Gasteiger partial charge is 0.508 e. The Morgan fingerprint density at radius 1 is 0.750 bits per heavy atom. The SMILES string of the molecule is CCCCCCCCCCCC(c1ccc(O)c(C)c1)c1cccc(C)c1O. The summed E-state index contributed by atoms with van der Waals surface area (Å²) < 4.78 is 0. The van der Waals surface area contributed by atoms with Gasteiger partial charge in [-0.2, -0.15) is 0 Å². The van der Waals surface area contributed by atoms with Gasteiger partial charge in [0.25, 0.3) is 0 Å². The number of unbranched alkanes of at least 4 members (excludes halogenated alkanes) is 8. The fraction of sp³-hybridized carbons (Fsp3) is 0.538. The average Bonchev–Trinajstić information content (AvgIpc) is 2.68. The molecule has 0 aliphatic carbocycles. The van der Waals surface area contributed by atoms with Crippen LogP contribution >= 0.6 is 0 Å². The average molecular weight is 383 g/mol. The Morgan fingerprint density at radius 3 is 2.04 bits per heavy atom. The number of para-hydroxylation sites is 1. The lowest BCUT2D eigenvalue weighted by molar-refractivity contribution is 0.455. The summed E-state index contributed by atoms with van der Waals surface area (Å²) in [6, 6.07) is 11.9. The van der Waals surface area contributed by atoms with Gasteiger partial charge in [-0.1, -0.05) is 95.0 Å². The molecule has 0 saturated carbocycles. The van der Waals surface area contributed by atoms with E-state index in [0.717, 1.165) is 29.5 Å². The van der Waals surface area contributed by atoms with Crippen LogP contribution in [-0.4, -0.2) is 10.2 Å². The fourth-order valence-corrected chi connectivity index (χ4v) is 4.02. The van der Waals surface area contributed by atoms with Crippen LogP contribution in [0.2, 0.25) is 0 Å². The van der Waals surface area contributed by atoms with E-state index in [1.165, 1.54) is 56.9 Å². The molecule has 2 N–H and O–H groups in total. The molecule has 0 bridgehead atoms. The molecule has 0 heterocycles. The molecule has 1 atom stereocenters. The zero-order valence-electron chi connectivity index (χ0n) is 18.0. The number of hydrogen-bond donors (Lipinski definition) is 2. The van der Waals surface area contributed by atoms with Crippen LogP contribution in [0.1, 0.15) is 99.3 Å². The number of aryl methyl sites for hydroxylation is 2. The molecule has 154 valence electrons. The molecule has 2 heteroatoms. The molecular weight excluding hydrogens is 344 g/mol. The van der Waals surface area contributed by atoms with Crippen LogP contribution in [0.5, 0.6) is 11.5 Å². The van der Waals surface area contributed by atoms with Crippen molar-refractivity contribution in [3.63, 3.8) is 0 Å². The van der Waals surface area contributed by atoms with Crippen LogP contribution in [0.4, 0.5) is 0 Å². The first-order chi connectivity index (χ1) is 13.5. The van der Waals surface area contributed by atoms with Gasteiger partial charge in [-0.05, 0) is 43.0 Å². The minimum atomic E-state index is 0.170. The molecule has 2 aromatic carbocycles. The maximum absolute atomic E-state index is 10.6. The van der Waals surface area contributed by atoms with Crippen LogP contribution < -0.4 is 0 Å². The predicted molar refractivity (Wildman–Crippen MR) is 119 cm³/mol. The van der Waals surface area contributed by atoms with E-state index in [9.17, 15) is 10.2 Å². The van der Waals surface area contributed by atoms with Crippen molar-refractivity contribution in [1.82, 2.24) is 0 Å². The van der Waals surface area contributed by atoms with Gasteiger partial charge in [0, 0.05) is 11.5 Å². The standard InChI is InChI=1S/C26H38O2/c1-4-5-6-7-8-9-10-11-12-15-23(22-17-18-25(27)21(3)19-22)24-16-13-14-20(2)26(24)28/h13-14,16-19,23,27-28H,4-12,15H2,1-3H3. The van der Waals surface area contributed by atoms with E-state index in [4.69, 9.17) is 0 Å². The Balaban J connectivity index is 1.98. The maximum Gasteiger partial charge on any atom is 0.122 e. The third-order valence-electron chi connectivity index (χ3n) is 5.86. The molecule has 2 rings (SSSR count). The van der Waals surface area contributed by atoms with Crippen LogP contribution in [0.3, 0.4) is 0 Å². The molecule has 0 amide bonds. The van der Waals surface area contributed by atoms with Gasteiger partial charge < -0.3 is 10.2 Å². The molecule has 0 fully saturated rings. The summed E-state index contributed by atoms with van der Waals surface area (Å²) in [6.45, 7) is 6.15. The Hall–Kier alpha value is -1.96. The van der Waals surface area contributed by atoms with E-state index in [1.54, 1.807) is 6.07 Å². The van der Waals surface area contributed by atoms with Gasteiger partial charge in [-0.25, -0.2) is 0 Å². The normalized spacial score (nSPS) is 12.2. The van der Waals surface area contributed by atoms with Gasteiger partial charge in [-0.3, -0.25) is 0 Å². The van der Waals surface area contributed by atoms with Gasteiger partial charge in [0.15, 0.2) is 0 Å². The van der Waals surface area contributed by atoms with E-state index in [0.29, 0.717) is 11.5 Å².